The molecule has 1 unspecified atom stereocenters. The number of ketones is 1. The van der Waals surface area contributed by atoms with Crippen molar-refractivity contribution in [2.45, 2.75) is 46.6 Å². The van der Waals surface area contributed by atoms with Gasteiger partial charge in [-0.3, -0.25) is 4.79 Å². The Morgan fingerprint density at radius 2 is 2.07 bits per heavy atom. The summed E-state index contributed by atoms with van der Waals surface area (Å²) in [4.78, 5) is 11.6. The summed E-state index contributed by atoms with van der Waals surface area (Å²) in [7, 11) is 0. The summed E-state index contributed by atoms with van der Waals surface area (Å²) >= 11 is 0. The molecule has 0 amide bonds. The molecule has 0 heterocycles. The van der Waals surface area contributed by atoms with Crippen LogP contribution in [-0.2, 0) is 4.79 Å². The fraction of sp³-hybridized carbons (Fsp3) is 0.615. The van der Waals surface area contributed by atoms with Crippen LogP contribution in [-0.4, -0.2) is 17.0 Å². The van der Waals surface area contributed by atoms with E-state index in [1.54, 1.807) is 13.8 Å². The minimum absolute atomic E-state index is 0.124. The number of aliphatic hydroxyl groups excluding tert-OH is 1. The summed E-state index contributed by atoms with van der Waals surface area (Å²) in [5.41, 5.74) is 1.37. The van der Waals surface area contributed by atoms with Gasteiger partial charge in [0.2, 0.25) is 0 Å². The lowest BCUT2D eigenvalue weighted by Gasteiger charge is -2.34. The van der Waals surface area contributed by atoms with Crippen LogP contribution in [0.15, 0.2) is 11.1 Å². The summed E-state index contributed by atoms with van der Waals surface area (Å²) in [5.74, 6) is 5.55. The number of aliphatic hydroxyl groups is 1. The van der Waals surface area contributed by atoms with Crippen molar-refractivity contribution in [3.63, 3.8) is 0 Å². The van der Waals surface area contributed by atoms with Crippen molar-refractivity contribution < 1.29 is 9.90 Å². The van der Waals surface area contributed by atoms with E-state index in [0.29, 0.717) is 12.0 Å². The number of allylic oxidation sites excluding steroid dienone is 1. The second-order valence-electron chi connectivity index (χ2n) is 4.64. The van der Waals surface area contributed by atoms with Gasteiger partial charge in [0.05, 0.1) is 0 Å². The zero-order valence-corrected chi connectivity index (χ0v) is 9.85. The lowest BCUT2D eigenvalue weighted by Crippen LogP contribution is -2.31. The van der Waals surface area contributed by atoms with Crippen LogP contribution in [0.1, 0.15) is 40.5 Å². The molecule has 0 bridgehead atoms. The van der Waals surface area contributed by atoms with Crippen molar-refractivity contribution in [3.8, 4) is 11.8 Å². The van der Waals surface area contributed by atoms with Gasteiger partial charge in [0.15, 0.2) is 5.78 Å². The number of hydrogen-bond acceptors (Lipinski definition) is 2. The van der Waals surface area contributed by atoms with E-state index < -0.39 is 6.10 Å². The maximum Gasteiger partial charge on any atom is 0.158 e. The monoisotopic (exact) mass is 206 g/mol. The highest BCUT2D eigenvalue weighted by atomic mass is 16.3. The molecular weight excluding hydrogens is 188 g/mol. The molecule has 0 saturated heterocycles. The van der Waals surface area contributed by atoms with E-state index in [2.05, 4.69) is 25.7 Å². The molecule has 1 aliphatic rings. The minimum atomic E-state index is -0.797. The van der Waals surface area contributed by atoms with Crippen LogP contribution >= 0.6 is 0 Å². The van der Waals surface area contributed by atoms with Crippen molar-refractivity contribution in [1.29, 1.82) is 0 Å². The predicted molar refractivity (Wildman–Crippen MR) is 60.2 cm³/mol. The van der Waals surface area contributed by atoms with Gasteiger partial charge in [-0.15, -0.1) is 5.92 Å². The zero-order chi connectivity index (χ0) is 11.6. The average molecular weight is 206 g/mol. The fourth-order valence-electron chi connectivity index (χ4n) is 2.19. The Balaban J connectivity index is 3.21. The summed E-state index contributed by atoms with van der Waals surface area (Å²) < 4.78 is 0. The number of hydrogen-bond donors (Lipinski definition) is 1. The minimum Gasteiger partial charge on any atom is -0.376 e. The van der Waals surface area contributed by atoms with Crippen LogP contribution in [0.25, 0.3) is 0 Å². The third-order valence-electron chi connectivity index (χ3n) is 3.08. The van der Waals surface area contributed by atoms with E-state index in [1.807, 2.05) is 0 Å². The van der Waals surface area contributed by atoms with E-state index in [9.17, 15) is 9.90 Å². The fourth-order valence-corrected chi connectivity index (χ4v) is 2.19. The second kappa shape index (κ2) is 4.20. The molecule has 82 valence electrons. The summed E-state index contributed by atoms with van der Waals surface area (Å²) in [6, 6.07) is 0. The standard InChI is InChI=1S/C13H18O2/c1-5-6-11(15)12-9(2)10(14)7-8-13(12,3)4/h11,15H,7-8H2,1-4H3. The van der Waals surface area contributed by atoms with Crippen LogP contribution in [0.5, 0.6) is 0 Å². The molecule has 0 fully saturated rings. The van der Waals surface area contributed by atoms with Crippen molar-refractivity contribution in [1.82, 2.24) is 0 Å². The molecule has 0 spiro atoms. The lowest BCUT2D eigenvalue weighted by molar-refractivity contribution is -0.116. The Morgan fingerprint density at radius 3 is 2.60 bits per heavy atom. The van der Waals surface area contributed by atoms with Crippen LogP contribution < -0.4 is 0 Å². The molecule has 0 aliphatic heterocycles. The van der Waals surface area contributed by atoms with Crippen molar-refractivity contribution in [2.75, 3.05) is 0 Å². The van der Waals surface area contributed by atoms with E-state index in [4.69, 9.17) is 0 Å². The smallest absolute Gasteiger partial charge is 0.158 e. The molecule has 15 heavy (non-hydrogen) atoms. The first-order valence-corrected chi connectivity index (χ1v) is 5.25. The summed E-state index contributed by atoms with van der Waals surface area (Å²) in [6.07, 6.45) is 0.574. The third-order valence-corrected chi connectivity index (χ3v) is 3.08. The van der Waals surface area contributed by atoms with Crippen molar-refractivity contribution >= 4 is 5.78 Å². The Bertz CT molecular complexity index is 364. The maximum absolute atomic E-state index is 11.6. The highest BCUT2D eigenvalue weighted by Gasteiger charge is 2.35. The molecule has 0 aromatic heterocycles. The third kappa shape index (κ3) is 2.30. The maximum atomic E-state index is 11.6. The molecule has 0 saturated carbocycles. The van der Waals surface area contributed by atoms with Crippen molar-refractivity contribution in [2.24, 2.45) is 5.41 Å². The number of Topliss-reactive ketones (excluding diaryl/α,β-unsaturated/α-hetero) is 1. The molecule has 0 aromatic rings. The van der Waals surface area contributed by atoms with E-state index in [-0.39, 0.29) is 11.2 Å². The van der Waals surface area contributed by atoms with Gasteiger partial charge in [-0.1, -0.05) is 19.8 Å². The summed E-state index contributed by atoms with van der Waals surface area (Å²) in [5, 5.41) is 9.91. The molecule has 2 heteroatoms. The Kier molecular flexibility index (Phi) is 3.36. The van der Waals surface area contributed by atoms with Gasteiger partial charge in [0.1, 0.15) is 6.10 Å². The molecule has 1 N–H and O–H groups in total. The first-order chi connectivity index (χ1) is 6.90. The molecule has 1 atom stereocenters. The first-order valence-electron chi connectivity index (χ1n) is 5.25. The van der Waals surface area contributed by atoms with E-state index in [1.165, 1.54) is 0 Å². The summed E-state index contributed by atoms with van der Waals surface area (Å²) in [6.45, 7) is 7.59. The average Bonchev–Trinajstić information content (AvgIpc) is 2.12. The topological polar surface area (TPSA) is 37.3 Å². The van der Waals surface area contributed by atoms with Gasteiger partial charge in [-0.2, -0.15) is 0 Å². The normalized spacial score (nSPS) is 22.1. The van der Waals surface area contributed by atoms with E-state index >= 15 is 0 Å². The van der Waals surface area contributed by atoms with Crippen LogP contribution in [0.4, 0.5) is 0 Å². The van der Waals surface area contributed by atoms with Crippen LogP contribution in [0.3, 0.4) is 0 Å². The van der Waals surface area contributed by atoms with Crippen LogP contribution in [0, 0.1) is 17.3 Å². The van der Waals surface area contributed by atoms with Crippen LogP contribution in [0.2, 0.25) is 0 Å². The quantitative estimate of drug-likeness (QED) is 0.667. The molecule has 2 nitrogen and oxygen atoms in total. The molecule has 1 rings (SSSR count). The first kappa shape index (κ1) is 12.0. The molecule has 1 aliphatic carbocycles. The highest BCUT2D eigenvalue weighted by molar-refractivity contribution is 5.97. The molecular formula is C13H18O2. The Labute approximate surface area is 91.4 Å². The molecule has 0 radical (unpaired) electrons. The SMILES string of the molecule is CC#CC(O)C1=C(C)C(=O)CCC1(C)C. The number of carbonyl (C=O) groups excluding carboxylic acids is 1. The Hall–Kier alpha value is -1.07. The Morgan fingerprint density at radius 1 is 1.47 bits per heavy atom. The number of rotatable bonds is 1. The van der Waals surface area contributed by atoms with Gasteiger partial charge >= 0.3 is 0 Å². The largest absolute Gasteiger partial charge is 0.376 e. The second-order valence-corrected chi connectivity index (χ2v) is 4.64. The van der Waals surface area contributed by atoms with Gasteiger partial charge in [0.25, 0.3) is 0 Å². The lowest BCUT2D eigenvalue weighted by atomic mass is 9.70. The van der Waals surface area contributed by atoms with Crippen molar-refractivity contribution in [3.05, 3.63) is 11.1 Å². The van der Waals surface area contributed by atoms with Gasteiger partial charge in [-0.05, 0) is 36.8 Å². The van der Waals surface area contributed by atoms with Gasteiger partial charge in [0, 0.05) is 6.42 Å². The molecule has 0 aromatic carbocycles. The van der Waals surface area contributed by atoms with E-state index in [0.717, 1.165) is 12.0 Å². The highest BCUT2D eigenvalue weighted by Crippen LogP contribution is 2.40. The zero-order valence-electron chi connectivity index (χ0n) is 9.85. The predicted octanol–water partition coefficient (Wildman–Crippen LogP) is 2.08. The number of carbonyl (C=O) groups is 1. The van der Waals surface area contributed by atoms with Gasteiger partial charge in [-0.25, -0.2) is 0 Å². The van der Waals surface area contributed by atoms with Gasteiger partial charge < -0.3 is 5.11 Å².